The fraction of sp³-hybridized carbons (Fsp3) is 0.733. The van der Waals surface area contributed by atoms with Gasteiger partial charge >= 0.3 is 11.8 Å². The van der Waals surface area contributed by atoms with E-state index in [2.05, 4.69) is 0 Å². The molecule has 20 heavy (non-hydrogen) atoms. The zero-order chi connectivity index (χ0) is 14.9. The van der Waals surface area contributed by atoms with Crippen molar-refractivity contribution in [2.24, 2.45) is 13.0 Å². The molecule has 0 spiro atoms. The monoisotopic (exact) mass is 281 g/mol. The van der Waals surface area contributed by atoms with Gasteiger partial charge in [-0.2, -0.15) is 0 Å². The Kier molecular flexibility index (Phi) is 4.35. The van der Waals surface area contributed by atoms with E-state index in [1.807, 2.05) is 25.5 Å². The Hall–Kier alpha value is -1.52. The van der Waals surface area contributed by atoms with E-state index in [0.29, 0.717) is 5.92 Å². The molecule has 0 amide bonds. The molecule has 2 rings (SSSR count). The van der Waals surface area contributed by atoms with Crippen LogP contribution in [-0.4, -0.2) is 21.0 Å². The second kappa shape index (κ2) is 5.85. The number of aromatic nitrogens is 2. The summed E-state index contributed by atoms with van der Waals surface area (Å²) in [5, 5.41) is 19.5. The number of carboxylic acid groups (broad SMARTS) is 1. The maximum atomic E-state index is 11.2. The molecule has 1 fully saturated rings. The first-order valence-electron chi connectivity index (χ1n) is 7.42. The Bertz CT molecular complexity index is 476. The lowest BCUT2D eigenvalue weighted by atomic mass is 9.78. The number of carboxylic acids is 1. The molecule has 0 bridgehead atoms. The van der Waals surface area contributed by atoms with Crippen molar-refractivity contribution in [1.82, 2.24) is 4.73 Å². The van der Waals surface area contributed by atoms with E-state index in [1.165, 1.54) is 11.2 Å². The predicted octanol–water partition coefficient (Wildman–Crippen LogP) is 2.31. The third-order valence-electron chi connectivity index (χ3n) is 4.85. The molecule has 0 aromatic carbocycles. The molecule has 1 aromatic rings. The van der Waals surface area contributed by atoms with Crippen LogP contribution in [0.25, 0.3) is 0 Å². The van der Waals surface area contributed by atoms with E-state index < -0.39 is 5.97 Å². The predicted molar refractivity (Wildman–Crippen MR) is 73.8 cm³/mol. The van der Waals surface area contributed by atoms with Crippen molar-refractivity contribution in [3.63, 3.8) is 0 Å². The third-order valence-corrected chi connectivity index (χ3v) is 4.85. The summed E-state index contributed by atoms with van der Waals surface area (Å²) in [6.45, 7) is 3.81. The Balaban J connectivity index is 2.40. The Morgan fingerprint density at radius 1 is 1.35 bits per heavy atom. The van der Waals surface area contributed by atoms with Crippen LogP contribution in [0, 0.1) is 19.8 Å². The van der Waals surface area contributed by atoms with Crippen molar-refractivity contribution in [2.75, 3.05) is 0 Å². The third kappa shape index (κ3) is 2.67. The Morgan fingerprint density at radius 2 is 1.95 bits per heavy atom. The molecular weight excluding hydrogens is 256 g/mol. The highest BCUT2D eigenvalue weighted by molar-refractivity contribution is 5.67. The number of nitrogens with zero attached hydrogens (tertiary/aromatic N) is 2. The molecule has 0 saturated heterocycles. The molecule has 0 radical (unpaired) electrons. The molecular formula is C15H25N2O3+. The fourth-order valence-electron chi connectivity index (χ4n) is 3.48. The van der Waals surface area contributed by atoms with Gasteiger partial charge in [0.2, 0.25) is 0 Å². The number of aliphatic carboxylic acids is 1. The van der Waals surface area contributed by atoms with E-state index in [0.717, 1.165) is 42.9 Å². The van der Waals surface area contributed by atoms with Crippen LogP contribution in [0.5, 0.6) is 0 Å². The molecule has 1 aliphatic rings. The highest BCUT2D eigenvalue weighted by Gasteiger charge is 2.38. The second-order valence-electron chi connectivity index (χ2n) is 6.00. The number of carbonyl (C=O) groups is 1. The van der Waals surface area contributed by atoms with Gasteiger partial charge in [-0.1, -0.05) is 19.3 Å². The molecule has 5 nitrogen and oxygen atoms in total. The first-order valence-corrected chi connectivity index (χ1v) is 7.42. The molecule has 1 atom stereocenters. The van der Waals surface area contributed by atoms with Crippen LogP contribution >= 0.6 is 0 Å². The molecule has 5 heteroatoms. The zero-order valence-electron chi connectivity index (χ0n) is 12.6. The quantitative estimate of drug-likeness (QED) is 0.657. The van der Waals surface area contributed by atoms with Gasteiger partial charge in [-0.25, -0.2) is 4.57 Å². The summed E-state index contributed by atoms with van der Waals surface area (Å²) in [5.74, 6) is 0.173. The molecule has 2 N–H and O–H groups in total. The van der Waals surface area contributed by atoms with Crippen molar-refractivity contribution >= 4 is 5.97 Å². The highest BCUT2D eigenvalue weighted by atomic mass is 16.5. The SMILES string of the molecule is Cc1c(C)[n+](C)c([C@@H](CC(=O)O)C2CCCCC2)n1O. The van der Waals surface area contributed by atoms with Crippen LogP contribution in [-0.2, 0) is 11.8 Å². The van der Waals surface area contributed by atoms with Crippen molar-refractivity contribution in [3.8, 4) is 0 Å². The number of hydrogen-bond acceptors (Lipinski definition) is 2. The maximum absolute atomic E-state index is 11.2. The summed E-state index contributed by atoms with van der Waals surface area (Å²) in [4.78, 5) is 11.2. The molecule has 1 saturated carbocycles. The van der Waals surface area contributed by atoms with E-state index in [4.69, 9.17) is 0 Å². The highest BCUT2D eigenvalue weighted by Crippen LogP contribution is 2.37. The van der Waals surface area contributed by atoms with Gasteiger partial charge in [-0.3, -0.25) is 4.79 Å². The summed E-state index contributed by atoms with van der Waals surface area (Å²) in [5.41, 5.74) is 1.77. The average molecular weight is 281 g/mol. The maximum Gasteiger partial charge on any atom is 0.304 e. The molecule has 1 aliphatic carbocycles. The Morgan fingerprint density at radius 3 is 2.40 bits per heavy atom. The van der Waals surface area contributed by atoms with Crippen molar-refractivity contribution in [2.45, 2.75) is 58.3 Å². The van der Waals surface area contributed by atoms with E-state index in [-0.39, 0.29) is 12.3 Å². The van der Waals surface area contributed by atoms with Gasteiger partial charge < -0.3 is 10.3 Å². The minimum Gasteiger partial charge on any atom is -0.481 e. The van der Waals surface area contributed by atoms with Crippen LogP contribution in [0.15, 0.2) is 0 Å². The summed E-state index contributed by atoms with van der Waals surface area (Å²) in [6.07, 6.45) is 5.76. The normalized spacial score (nSPS) is 18.1. The smallest absolute Gasteiger partial charge is 0.304 e. The van der Waals surface area contributed by atoms with Gasteiger partial charge in [0.05, 0.1) is 19.4 Å². The van der Waals surface area contributed by atoms with Crippen LogP contribution < -0.4 is 4.57 Å². The lowest BCUT2D eigenvalue weighted by Gasteiger charge is -2.26. The van der Waals surface area contributed by atoms with Gasteiger partial charge in [0, 0.05) is 13.8 Å². The first kappa shape index (κ1) is 14.9. The molecule has 1 heterocycles. The van der Waals surface area contributed by atoms with Crippen LogP contribution in [0.1, 0.15) is 61.7 Å². The summed E-state index contributed by atoms with van der Waals surface area (Å²) in [7, 11) is 1.90. The molecule has 0 aliphatic heterocycles. The van der Waals surface area contributed by atoms with E-state index >= 15 is 0 Å². The van der Waals surface area contributed by atoms with Crippen LogP contribution in [0.4, 0.5) is 0 Å². The largest absolute Gasteiger partial charge is 0.481 e. The lowest BCUT2D eigenvalue weighted by molar-refractivity contribution is -0.687. The number of hydrogen-bond donors (Lipinski definition) is 2. The van der Waals surface area contributed by atoms with Gasteiger partial charge in [0.25, 0.3) is 0 Å². The van der Waals surface area contributed by atoms with E-state index in [1.54, 1.807) is 0 Å². The standard InChI is InChI=1S/C15H24N2O3/c1-10-11(2)17(20)15(16(10)3)13(9-14(18)19)12-7-5-4-6-8-12/h12-13H,4-9H2,1-3H3,(H-,18,19,20)/p+1/t13-/m0/s1. The molecule has 112 valence electrons. The van der Waals surface area contributed by atoms with Gasteiger partial charge in [-0.05, 0) is 23.5 Å². The second-order valence-corrected chi connectivity index (χ2v) is 6.00. The summed E-state index contributed by atoms with van der Waals surface area (Å²) < 4.78 is 3.13. The van der Waals surface area contributed by atoms with Gasteiger partial charge in [-0.15, -0.1) is 0 Å². The molecule has 0 unspecified atom stereocenters. The first-order chi connectivity index (χ1) is 9.43. The summed E-state index contributed by atoms with van der Waals surface area (Å²) >= 11 is 0. The summed E-state index contributed by atoms with van der Waals surface area (Å²) in [6, 6.07) is 0. The van der Waals surface area contributed by atoms with Crippen LogP contribution in [0.2, 0.25) is 0 Å². The minimum atomic E-state index is -0.794. The van der Waals surface area contributed by atoms with Crippen molar-refractivity contribution in [1.29, 1.82) is 0 Å². The fourth-order valence-corrected chi connectivity index (χ4v) is 3.48. The lowest BCUT2D eigenvalue weighted by Crippen LogP contribution is -2.39. The van der Waals surface area contributed by atoms with Crippen molar-refractivity contribution < 1.29 is 19.7 Å². The van der Waals surface area contributed by atoms with E-state index in [9.17, 15) is 15.1 Å². The topological polar surface area (TPSA) is 66.3 Å². The van der Waals surface area contributed by atoms with Gasteiger partial charge in [0.15, 0.2) is 5.69 Å². The van der Waals surface area contributed by atoms with Crippen LogP contribution in [0.3, 0.4) is 0 Å². The number of rotatable bonds is 4. The average Bonchev–Trinajstić information content (AvgIpc) is 2.62. The van der Waals surface area contributed by atoms with Crippen molar-refractivity contribution in [3.05, 3.63) is 17.2 Å². The molecule has 1 aromatic heterocycles. The number of imidazole rings is 1. The zero-order valence-corrected chi connectivity index (χ0v) is 12.6. The van der Waals surface area contributed by atoms with Gasteiger partial charge in [0.1, 0.15) is 5.69 Å². The minimum absolute atomic E-state index is 0.0853. The Labute approximate surface area is 119 Å².